The fraction of sp³-hybridized carbons (Fsp3) is 0.0455. The Morgan fingerprint density at radius 1 is 0.862 bits per heavy atom. The topological polar surface area (TPSA) is 81.4 Å². The van der Waals surface area contributed by atoms with Gasteiger partial charge in [-0.2, -0.15) is 4.98 Å². The number of ether oxygens (including phenoxy) is 1. The van der Waals surface area contributed by atoms with Crippen LogP contribution in [0.1, 0.15) is 0 Å². The number of aromatic nitrogens is 1. The molecule has 0 bridgehead atoms. The Morgan fingerprint density at radius 3 is 2.10 bits per heavy atom. The number of hydrogen-bond donors (Lipinski definition) is 1. The smallest absolute Gasteiger partial charge is 0.238 e. The lowest BCUT2D eigenvalue weighted by Crippen LogP contribution is -2.05. The van der Waals surface area contributed by atoms with Crippen LogP contribution in [0.3, 0.4) is 0 Å². The number of oxazole rings is 1. The van der Waals surface area contributed by atoms with Gasteiger partial charge < -0.3 is 14.5 Å². The van der Waals surface area contributed by atoms with Crippen molar-refractivity contribution < 1.29 is 17.6 Å². The maximum Gasteiger partial charge on any atom is 0.238 e. The van der Waals surface area contributed by atoms with Crippen molar-refractivity contribution in [2.24, 2.45) is 0 Å². The largest absolute Gasteiger partial charge is 0.497 e. The molecule has 0 spiro atoms. The Hall–Kier alpha value is -3.58. The minimum atomic E-state index is -3.88. The van der Waals surface area contributed by atoms with E-state index in [1.165, 1.54) is 12.1 Å². The highest BCUT2D eigenvalue weighted by Gasteiger charge is 2.28. The van der Waals surface area contributed by atoms with Gasteiger partial charge in [0.1, 0.15) is 5.75 Å². The summed E-state index contributed by atoms with van der Waals surface area (Å²) in [6.45, 7) is 0. The van der Waals surface area contributed by atoms with Crippen LogP contribution in [0.2, 0.25) is 0 Å². The highest BCUT2D eigenvalue weighted by molar-refractivity contribution is 7.91. The molecule has 3 aromatic carbocycles. The Morgan fingerprint density at radius 2 is 1.48 bits per heavy atom. The molecule has 0 aliphatic rings. The highest BCUT2D eigenvalue weighted by Crippen LogP contribution is 2.34. The fourth-order valence-corrected chi connectivity index (χ4v) is 4.07. The van der Waals surface area contributed by atoms with Gasteiger partial charge in [0.2, 0.25) is 26.6 Å². The van der Waals surface area contributed by atoms with Crippen molar-refractivity contribution in [2.75, 3.05) is 12.4 Å². The van der Waals surface area contributed by atoms with Gasteiger partial charge in [-0.1, -0.05) is 36.4 Å². The zero-order chi connectivity index (χ0) is 20.3. The van der Waals surface area contributed by atoms with E-state index in [2.05, 4.69) is 10.3 Å². The molecule has 0 aliphatic carbocycles. The Bertz CT molecular complexity index is 1200. The summed E-state index contributed by atoms with van der Waals surface area (Å²) in [5, 5.41) is 2.86. The molecule has 0 unspecified atom stereocenters. The van der Waals surface area contributed by atoms with E-state index in [-0.39, 0.29) is 21.7 Å². The summed E-state index contributed by atoms with van der Waals surface area (Å²) >= 11 is 0. The van der Waals surface area contributed by atoms with Gasteiger partial charge in [-0.15, -0.1) is 0 Å². The van der Waals surface area contributed by atoms with Crippen LogP contribution in [-0.2, 0) is 9.84 Å². The van der Waals surface area contributed by atoms with E-state index in [1.807, 2.05) is 30.3 Å². The fourth-order valence-electron chi connectivity index (χ4n) is 2.79. The van der Waals surface area contributed by atoms with Crippen LogP contribution in [0.5, 0.6) is 5.75 Å². The number of nitrogens with zero attached hydrogens (tertiary/aromatic N) is 1. The number of sulfone groups is 1. The third-order valence-electron chi connectivity index (χ3n) is 4.27. The molecule has 7 heteroatoms. The van der Waals surface area contributed by atoms with Crippen LogP contribution in [0.4, 0.5) is 11.6 Å². The zero-order valence-electron chi connectivity index (χ0n) is 15.6. The van der Waals surface area contributed by atoms with E-state index in [0.29, 0.717) is 17.0 Å². The summed E-state index contributed by atoms with van der Waals surface area (Å²) < 4.78 is 37.4. The zero-order valence-corrected chi connectivity index (χ0v) is 16.4. The predicted molar refractivity (Wildman–Crippen MR) is 110 cm³/mol. The first-order valence-corrected chi connectivity index (χ1v) is 10.3. The van der Waals surface area contributed by atoms with Crippen molar-refractivity contribution in [3.05, 3.63) is 84.9 Å². The molecule has 1 N–H and O–H groups in total. The second-order valence-electron chi connectivity index (χ2n) is 6.19. The lowest BCUT2D eigenvalue weighted by molar-refractivity contribution is 0.415. The molecule has 0 radical (unpaired) electrons. The number of benzene rings is 3. The minimum Gasteiger partial charge on any atom is -0.497 e. The van der Waals surface area contributed by atoms with Gasteiger partial charge in [0.05, 0.1) is 12.0 Å². The van der Waals surface area contributed by atoms with Crippen molar-refractivity contribution in [2.45, 2.75) is 9.92 Å². The lowest BCUT2D eigenvalue weighted by Gasteiger charge is -2.07. The molecule has 146 valence electrons. The molecule has 29 heavy (non-hydrogen) atoms. The van der Waals surface area contributed by atoms with Crippen LogP contribution >= 0.6 is 0 Å². The standard InChI is InChI=1S/C22H18N2O4S/c1-27-18-14-12-17(13-15-18)23-21-22(29(25,26)19-10-6-3-7-11-19)24-20(28-21)16-8-4-2-5-9-16/h2-15,23H,1H3. The van der Waals surface area contributed by atoms with Crippen molar-refractivity contribution in [1.82, 2.24) is 4.98 Å². The van der Waals surface area contributed by atoms with Crippen molar-refractivity contribution in [1.29, 1.82) is 0 Å². The second-order valence-corrected chi connectivity index (χ2v) is 8.05. The summed E-state index contributed by atoms with van der Waals surface area (Å²) in [4.78, 5) is 4.46. The molecule has 1 aromatic heterocycles. The van der Waals surface area contributed by atoms with Crippen LogP contribution in [0.25, 0.3) is 11.5 Å². The molecular weight excluding hydrogens is 388 g/mol. The van der Waals surface area contributed by atoms with Gasteiger partial charge >= 0.3 is 0 Å². The quantitative estimate of drug-likeness (QED) is 0.489. The first-order valence-electron chi connectivity index (χ1n) is 8.85. The number of nitrogens with one attached hydrogen (secondary N) is 1. The third kappa shape index (κ3) is 3.86. The van der Waals surface area contributed by atoms with E-state index >= 15 is 0 Å². The number of methoxy groups -OCH3 is 1. The summed E-state index contributed by atoms with van der Waals surface area (Å²) in [5.41, 5.74) is 1.32. The van der Waals surface area contributed by atoms with Crippen LogP contribution in [0.15, 0.2) is 99.3 Å². The number of rotatable bonds is 6. The van der Waals surface area contributed by atoms with Gasteiger partial charge in [-0.05, 0) is 48.5 Å². The molecule has 6 nitrogen and oxygen atoms in total. The maximum atomic E-state index is 13.2. The van der Waals surface area contributed by atoms with Gasteiger partial charge in [0.25, 0.3) is 0 Å². The highest BCUT2D eigenvalue weighted by atomic mass is 32.2. The first-order chi connectivity index (χ1) is 14.1. The van der Waals surface area contributed by atoms with Gasteiger partial charge in [0.15, 0.2) is 0 Å². The molecule has 1 heterocycles. The monoisotopic (exact) mass is 406 g/mol. The van der Waals surface area contributed by atoms with Crippen LogP contribution in [-0.4, -0.2) is 20.5 Å². The lowest BCUT2D eigenvalue weighted by atomic mass is 10.2. The SMILES string of the molecule is COc1ccc(Nc2oc(-c3ccccc3)nc2S(=O)(=O)c2ccccc2)cc1. The summed E-state index contributed by atoms with van der Waals surface area (Å²) in [7, 11) is -2.30. The van der Waals surface area contributed by atoms with Gasteiger partial charge in [0, 0.05) is 11.3 Å². The molecule has 0 aliphatic heterocycles. The molecule has 0 atom stereocenters. The Balaban J connectivity index is 1.81. The average molecular weight is 406 g/mol. The predicted octanol–water partition coefficient (Wildman–Crippen LogP) is 4.93. The normalized spacial score (nSPS) is 11.2. The molecular formula is C22H18N2O4S. The van der Waals surface area contributed by atoms with Crippen LogP contribution in [0, 0.1) is 0 Å². The summed E-state index contributed by atoms with van der Waals surface area (Å²) in [5.74, 6) is 0.962. The third-order valence-corrected chi connectivity index (χ3v) is 5.95. The summed E-state index contributed by atoms with van der Waals surface area (Å²) in [6.07, 6.45) is 0. The van der Waals surface area contributed by atoms with E-state index in [0.717, 1.165) is 0 Å². The van der Waals surface area contributed by atoms with E-state index < -0.39 is 9.84 Å². The minimum absolute atomic E-state index is 0.0536. The van der Waals surface area contributed by atoms with E-state index in [9.17, 15) is 8.42 Å². The molecule has 0 amide bonds. The Labute approximate surface area is 168 Å². The number of anilines is 2. The van der Waals surface area contributed by atoms with Gasteiger partial charge in [-0.3, -0.25) is 0 Å². The van der Waals surface area contributed by atoms with Crippen molar-refractivity contribution in [3.8, 4) is 17.2 Å². The number of hydrogen-bond acceptors (Lipinski definition) is 6. The summed E-state index contributed by atoms with van der Waals surface area (Å²) in [6, 6.07) is 24.4. The Kier molecular flexibility index (Phi) is 5.05. The molecule has 4 rings (SSSR count). The molecule has 0 fully saturated rings. The molecule has 4 aromatic rings. The van der Waals surface area contributed by atoms with Gasteiger partial charge in [-0.25, -0.2) is 8.42 Å². The van der Waals surface area contributed by atoms with E-state index in [1.54, 1.807) is 49.6 Å². The van der Waals surface area contributed by atoms with Crippen molar-refractivity contribution >= 4 is 21.4 Å². The van der Waals surface area contributed by atoms with E-state index in [4.69, 9.17) is 9.15 Å². The van der Waals surface area contributed by atoms with Crippen LogP contribution < -0.4 is 10.1 Å². The van der Waals surface area contributed by atoms with Crippen molar-refractivity contribution in [3.63, 3.8) is 0 Å². The average Bonchev–Trinajstić information content (AvgIpc) is 3.20. The maximum absolute atomic E-state index is 13.2. The molecule has 0 saturated carbocycles. The second kappa shape index (κ2) is 7.81. The first kappa shape index (κ1) is 18.8. The molecule has 0 saturated heterocycles.